The summed E-state index contributed by atoms with van der Waals surface area (Å²) in [5, 5.41) is -0.222. The molecule has 2 aromatic carbocycles. The molecule has 6 heteroatoms. The number of allylic oxidation sites excluding steroid dienone is 2. The Labute approximate surface area is 174 Å². The molecule has 2 aromatic rings. The normalized spacial score (nSPS) is 12.1. The molecular weight excluding hydrogens is 402 g/mol. The SMILES string of the molecule is C/C(=C/C(=O)c1ccc(C(=O)OC(C)(C)C)c(C)c1)c1cc(Cl)c(F)c(Cl)c1. The van der Waals surface area contributed by atoms with E-state index in [1.807, 2.05) is 0 Å². The van der Waals surface area contributed by atoms with Gasteiger partial charge < -0.3 is 4.74 Å². The molecule has 0 unspecified atom stereocenters. The number of hydrogen-bond acceptors (Lipinski definition) is 3. The fourth-order valence-electron chi connectivity index (χ4n) is 2.53. The Balaban J connectivity index is 2.28. The van der Waals surface area contributed by atoms with E-state index in [2.05, 4.69) is 0 Å². The van der Waals surface area contributed by atoms with Gasteiger partial charge in [0.2, 0.25) is 0 Å². The van der Waals surface area contributed by atoms with Crippen molar-refractivity contribution in [1.29, 1.82) is 0 Å². The molecule has 0 saturated heterocycles. The molecule has 0 saturated carbocycles. The van der Waals surface area contributed by atoms with E-state index in [1.54, 1.807) is 52.8 Å². The van der Waals surface area contributed by atoms with Crippen LogP contribution in [0, 0.1) is 12.7 Å². The van der Waals surface area contributed by atoms with E-state index in [4.69, 9.17) is 27.9 Å². The number of esters is 1. The zero-order chi connectivity index (χ0) is 21.2. The van der Waals surface area contributed by atoms with Crippen LogP contribution < -0.4 is 0 Å². The van der Waals surface area contributed by atoms with E-state index in [-0.39, 0.29) is 15.8 Å². The lowest BCUT2D eigenvalue weighted by molar-refractivity contribution is 0.00685. The highest BCUT2D eigenvalue weighted by atomic mass is 35.5. The van der Waals surface area contributed by atoms with E-state index in [1.165, 1.54) is 18.2 Å². The van der Waals surface area contributed by atoms with E-state index in [0.29, 0.717) is 27.8 Å². The van der Waals surface area contributed by atoms with Gasteiger partial charge in [0.15, 0.2) is 11.6 Å². The van der Waals surface area contributed by atoms with Gasteiger partial charge in [-0.3, -0.25) is 4.79 Å². The molecule has 3 nitrogen and oxygen atoms in total. The first-order chi connectivity index (χ1) is 12.9. The van der Waals surface area contributed by atoms with Crippen molar-refractivity contribution in [3.05, 3.63) is 74.5 Å². The number of aryl methyl sites for hydroxylation is 1. The second-order valence-electron chi connectivity index (χ2n) is 7.48. The van der Waals surface area contributed by atoms with E-state index >= 15 is 0 Å². The largest absolute Gasteiger partial charge is 0.456 e. The van der Waals surface area contributed by atoms with Crippen LogP contribution in [0.15, 0.2) is 36.4 Å². The molecule has 0 amide bonds. The number of carbonyl (C=O) groups is 2. The monoisotopic (exact) mass is 422 g/mol. The van der Waals surface area contributed by atoms with Crippen molar-refractivity contribution in [1.82, 2.24) is 0 Å². The highest BCUT2D eigenvalue weighted by Gasteiger charge is 2.20. The van der Waals surface area contributed by atoms with Crippen LogP contribution >= 0.6 is 23.2 Å². The highest BCUT2D eigenvalue weighted by molar-refractivity contribution is 6.35. The van der Waals surface area contributed by atoms with Gasteiger partial charge in [-0.05, 0) is 81.7 Å². The van der Waals surface area contributed by atoms with Gasteiger partial charge in [-0.15, -0.1) is 0 Å². The van der Waals surface area contributed by atoms with Crippen molar-refractivity contribution in [2.75, 3.05) is 0 Å². The van der Waals surface area contributed by atoms with Gasteiger partial charge in [-0.2, -0.15) is 0 Å². The molecule has 0 heterocycles. The van der Waals surface area contributed by atoms with Crippen LogP contribution in [0.3, 0.4) is 0 Å². The summed E-state index contributed by atoms with van der Waals surface area (Å²) in [6, 6.07) is 7.61. The first-order valence-electron chi connectivity index (χ1n) is 8.60. The number of carbonyl (C=O) groups excluding carboxylic acids is 2. The number of ketones is 1. The smallest absolute Gasteiger partial charge is 0.338 e. The number of halogens is 3. The van der Waals surface area contributed by atoms with E-state index in [9.17, 15) is 14.0 Å². The van der Waals surface area contributed by atoms with Gasteiger partial charge in [-0.25, -0.2) is 9.18 Å². The fourth-order valence-corrected chi connectivity index (χ4v) is 3.01. The zero-order valence-corrected chi connectivity index (χ0v) is 17.8. The van der Waals surface area contributed by atoms with Crippen LogP contribution in [-0.2, 0) is 4.74 Å². The van der Waals surface area contributed by atoms with Gasteiger partial charge in [-0.1, -0.05) is 29.3 Å². The predicted molar refractivity (Wildman–Crippen MR) is 111 cm³/mol. The summed E-state index contributed by atoms with van der Waals surface area (Å²) in [7, 11) is 0. The lowest BCUT2D eigenvalue weighted by Crippen LogP contribution is -2.24. The van der Waals surface area contributed by atoms with Gasteiger partial charge in [0.05, 0.1) is 15.6 Å². The Morgan fingerprint density at radius 2 is 1.61 bits per heavy atom. The molecule has 0 aliphatic rings. The Morgan fingerprint density at radius 1 is 1.04 bits per heavy atom. The van der Waals surface area contributed by atoms with Gasteiger partial charge in [0.1, 0.15) is 5.60 Å². The van der Waals surface area contributed by atoms with Crippen molar-refractivity contribution in [2.24, 2.45) is 0 Å². The first-order valence-corrected chi connectivity index (χ1v) is 9.36. The number of ether oxygens (including phenoxy) is 1. The molecule has 0 N–H and O–H groups in total. The Kier molecular flexibility index (Phi) is 6.68. The van der Waals surface area contributed by atoms with Gasteiger partial charge >= 0.3 is 5.97 Å². The molecule has 0 aliphatic carbocycles. The van der Waals surface area contributed by atoms with Crippen LogP contribution in [0.2, 0.25) is 10.0 Å². The first kappa shape index (κ1) is 22.1. The predicted octanol–water partition coefficient (Wildman–Crippen LogP) is 6.68. The van der Waals surface area contributed by atoms with Crippen LogP contribution in [0.5, 0.6) is 0 Å². The average Bonchev–Trinajstić information content (AvgIpc) is 2.57. The van der Waals surface area contributed by atoms with Crippen molar-refractivity contribution >= 4 is 40.5 Å². The summed E-state index contributed by atoms with van der Waals surface area (Å²) in [6.07, 6.45) is 1.42. The summed E-state index contributed by atoms with van der Waals surface area (Å²) in [6.45, 7) is 8.82. The fraction of sp³-hybridized carbons (Fsp3) is 0.273. The average molecular weight is 423 g/mol. The van der Waals surface area contributed by atoms with E-state index < -0.39 is 17.4 Å². The number of rotatable bonds is 4. The quantitative estimate of drug-likeness (QED) is 0.238. The standard InChI is InChI=1S/C22H21Cl2FO3/c1-12(15-10-17(23)20(25)18(24)11-15)9-19(26)14-6-7-16(13(2)8-14)21(27)28-22(3,4)5/h6-11H,1-5H3/b12-9-. The van der Waals surface area contributed by atoms with Crippen LogP contribution in [0.1, 0.15) is 59.5 Å². The van der Waals surface area contributed by atoms with E-state index in [0.717, 1.165) is 0 Å². The molecule has 148 valence electrons. The summed E-state index contributed by atoms with van der Waals surface area (Å²) in [4.78, 5) is 24.8. The molecule has 0 radical (unpaired) electrons. The minimum atomic E-state index is -0.695. The Morgan fingerprint density at radius 3 is 2.11 bits per heavy atom. The van der Waals surface area contributed by atoms with Crippen LogP contribution in [0.25, 0.3) is 5.57 Å². The second-order valence-corrected chi connectivity index (χ2v) is 8.29. The molecule has 0 spiro atoms. The maximum absolute atomic E-state index is 13.6. The Bertz CT molecular complexity index is 949. The van der Waals surface area contributed by atoms with Crippen molar-refractivity contribution in [3.63, 3.8) is 0 Å². The summed E-state index contributed by atoms with van der Waals surface area (Å²) in [5.41, 5.74) is 2.00. The van der Waals surface area contributed by atoms with Crippen molar-refractivity contribution in [2.45, 2.75) is 40.2 Å². The third-order valence-corrected chi connectivity index (χ3v) is 4.47. The molecule has 28 heavy (non-hydrogen) atoms. The van der Waals surface area contributed by atoms with Crippen molar-refractivity contribution < 1.29 is 18.7 Å². The molecule has 0 aromatic heterocycles. The zero-order valence-electron chi connectivity index (χ0n) is 16.3. The minimum Gasteiger partial charge on any atom is -0.456 e. The second kappa shape index (κ2) is 8.46. The molecule has 2 rings (SSSR count). The summed E-state index contributed by atoms with van der Waals surface area (Å²) < 4.78 is 18.9. The Hall–Kier alpha value is -2.17. The minimum absolute atomic E-state index is 0.111. The number of hydrogen-bond donors (Lipinski definition) is 0. The van der Waals surface area contributed by atoms with Crippen LogP contribution in [-0.4, -0.2) is 17.4 Å². The topological polar surface area (TPSA) is 43.4 Å². The lowest BCUT2D eigenvalue weighted by atomic mass is 9.99. The van der Waals surface area contributed by atoms with Crippen LogP contribution in [0.4, 0.5) is 4.39 Å². The van der Waals surface area contributed by atoms with Gasteiger partial charge in [0.25, 0.3) is 0 Å². The molecule has 0 fully saturated rings. The van der Waals surface area contributed by atoms with Crippen molar-refractivity contribution in [3.8, 4) is 0 Å². The summed E-state index contributed by atoms with van der Waals surface area (Å²) in [5.74, 6) is -1.39. The third-order valence-electron chi connectivity index (χ3n) is 3.92. The highest BCUT2D eigenvalue weighted by Crippen LogP contribution is 2.28. The third kappa shape index (κ3) is 5.43. The van der Waals surface area contributed by atoms with Gasteiger partial charge in [0, 0.05) is 5.56 Å². The molecule has 0 bridgehead atoms. The lowest BCUT2D eigenvalue weighted by Gasteiger charge is -2.20. The molecular formula is C22H21Cl2FO3. The summed E-state index contributed by atoms with van der Waals surface area (Å²) >= 11 is 11.6. The number of benzene rings is 2. The maximum Gasteiger partial charge on any atom is 0.338 e. The maximum atomic E-state index is 13.6. The molecule has 0 aliphatic heterocycles. The molecule has 0 atom stereocenters.